The Balaban J connectivity index is 2.09. The summed E-state index contributed by atoms with van der Waals surface area (Å²) in [6, 6.07) is 11.0. The zero-order chi connectivity index (χ0) is 21.1. The minimum Gasteiger partial charge on any atom is -0.507 e. The van der Waals surface area contributed by atoms with Crippen LogP contribution in [-0.4, -0.2) is 41.0 Å². The van der Waals surface area contributed by atoms with Gasteiger partial charge in [0.15, 0.2) is 0 Å². The molecule has 1 aliphatic rings. The molecule has 0 saturated carbocycles. The van der Waals surface area contributed by atoms with Crippen molar-refractivity contribution in [3.05, 3.63) is 76.1 Å². The first-order chi connectivity index (χ1) is 13.8. The van der Waals surface area contributed by atoms with Crippen LogP contribution in [0, 0.1) is 5.82 Å². The van der Waals surface area contributed by atoms with E-state index < -0.39 is 23.5 Å². The maximum Gasteiger partial charge on any atom is 0.295 e. The molecule has 152 valence electrons. The van der Waals surface area contributed by atoms with Gasteiger partial charge < -0.3 is 14.7 Å². The van der Waals surface area contributed by atoms with Crippen molar-refractivity contribution >= 4 is 29.1 Å². The maximum absolute atomic E-state index is 13.4. The number of likely N-dealkylation sites (tertiary alicyclic amines) is 1. The number of amides is 1. The summed E-state index contributed by atoms with van der Waals surface area (Å²) in [5.41, 5.74) is 0.771. The number of aliphatic hydroxyl groups is 1. The van der Waals surface area contributed by atoms with Gasteiger partial charge in [-0.15, -0.1) is 0 Å². The van der Waals surface area contributed by atoms with Gasteiger partial charge in [0.25, 0.3) is 11.7 Å². The van der Waals surface area contributed by atoms with E-state index in [1.807, 2.05) is 13.8 Å². The van der Waals surface area contributed by atoms with E-state index >= 15 is 0 Å². The molecule has 1 fully saturated rings. The predicted octanol–water partition coefficient (Wildman–Crippen LogP) is 4.33. The van der Waals surface area contributed by atoms with E-state index in [0.717, 1.165) is 0 Å². The average molecular weight is 418 g/mol. The molecule has 7 heteroatoms. The van der Waals surface area contributed by atoms with Crippen LogP contribution in [0.2, 0.25) is 5.02 Å². The first-order valence-corrected chi connectivity index (χ1v) is 9.58. The Labute approximate surface area is 173 Å². The largest absolute Gasteiger partial charge is 0.507 e. The number of aliphatic hydroxyl groups excluding tert-OH is 1. The summed E-state index contributed by atoms with van der Waals surface area (Å²) in [5.74, 6) is -2.31. The number of rotatable bonds is 6. The molecule has 1 aliphatic heterocycles. The second-order valence-corrected chi connectivity index (χ2v) is 7.41. The number of carbonyl (C=O) groups is 2. The van der Waals surface area contributed by atoms with Gasteiger partial charge in [-0.3, -0.25) is 9.59 Å². The predicted molar refractivity (Wildman–Crippen MR) is 108 cm³/mol. The number of hydrogen-bond acceptors (Lipinski definition) is 4. The van der Waals surface area contributed by atoms with Crippen molar-refractivity contribution in [3.8, 4) is 0 Å². The SMILES string of the molecule is CC(C)OCCN1C(=O)C(=O)/C(=C(\O)c2cccc(Cl)c2)C1c1ccc(F)cc1. The van der Waals surface area contributed by atoms with Crippen LogP contribution in [0.1, 0.15) is 31.0 Å². The van der Waals surface area contributed by atoms with E-state index in [4.69, 9.17) is 16.3 Å². The topological polar surface area (TPSA) is 66.8 Å². The highest BCUT2D eigenvalue weighted by molar-refractivity contribution is 6.46. The highest BCUT2D eigenvalue weighted by Crippen LogP contribution is 2.39. The molecule has 3 rings (SSSR count). The Morgan fingerprint density at radius 1 is 1.21 bits per heavy atom. The van der Waals surface area contributed by atoms with Crippen LogP contribution < -0.4 is 0 Å². The molecule has 2 aromatic carbocycles. The van der Waals surface area contributed by atoms with Crippen molar-refractivity contribution in [3.63, 3.8) is 0 Å². The van der Waals surface area contributed by atoms with Crippen LogP contribution in [0.5, 0.6) is 0 Å². The summed E-state index contributed by atoms with van der Waals surface area (Å²) in [4.78, 5) is 26.9. The van der Waals surface area contributed by atoms with Crippen LogP contribution in [0.15, 0.2) is 54.1 Å². The molecule has 0 spiro atoms. The molecule has 1 saturated heterocycles. The van der Waals surface area contributed by atoms with Crippen LogP contribution in [0.25, 0.3) is 5.76 Å². The van der Waals surface area contributed by atoms with E-state index in [1.54, 1.807) is 18.2 Å². The number of carbonyl (C=O) groups excluding carboxylic acids is 2. The summed E-state index contributed by atoms with van der Waals surface area (Å²) in [6.07, 6.45) is -0.0393. The number of nitrogens with zero attached hydrogens (tertiary/aromatic N) is 1. The molecule has 1 amide bonds. The number of hydrogen-bond donors (Lipinski definition) is 1. The van der Waals surface area contributed by atoms with Crippen LogP contribution in [0.4, 0.5) is 4.39 Å². The van der Waals surface area contributed by atoms with Gasteiger partial charge in [0.1, 0.15) is 11.6 Å². The van der Waals surface area contributed by atoms with Crippen molar-refractivity contribution in [1.82, 2.24) is 4.90 Å². The summed E-state index contributed by atoms with van der Waals surface area (Å²) in [5, 5.41) is 11.2. The Bertz CT molecular complexity index is 956. The number of ketones is 1. The van der Waals surface area contributed by atoms with Crippen molar-refractivity contribution in [2.45, 2.75) is 26.0 Å². The first-order valence-electron chi connectivity index (χ1n) is 9.21. The molecule has 0 radical (unpaired) electrons. The molecule has 0 aliphatic carbocycles. The number of Topliss-reactive ketones (excluding diaryl/α,β-unsaturated/α-hetero) is 1. The maximum atomic E-state index is 13.4. The van der Waals surface area contributed by atoms with Crippen molar-refractivity contribution in [1.29, 1.82) is 0 Å². The van der Waals surface area contributed by atoms with E-state index in [0.29, 0.717) is 16.1 Å². The second-order valence-electron chi connectivity index (χ2n) is 6.97. The molecular weight excluding hydrogens is 397 g/mol. The first kappa shape index (κ1) is 21.0. The van der Waals surface area contributed by atoms with Crippen LogP contribution in [-0.2, 0) is 14.3 Å². The summed E-state index contributed by atoms with van der Waals surface area (Å²) in [6.45, 7) is 4.10. The van der Waals surface area contributed by atoms with Crippen molar-refractivity contribution < 1.29 is 23.8 Å². The van der Waals surface area contributed by atoms with E-state index in [1.165, 1.54) is 35.2 Å². The van der Waals surface area contributed by atoms with Gasteiger partial charge in [0.05, 0.1) is 24.3 Å². The molecule has 1 N–H and O–H groups in total. The average Bonchev–Trinajstić information content (AvgIpc) is 2.93. The quantitative estimate of drug-likeness (QED) is 0.431. The zero-order valence-corrected chi connectivity index (χ0v) is 16.8. The molecule has 0 aromatic heterocycles. The molecule has 0 bridgehead atoms. The fourth-order valence-corrected chi connectivity index (χ4v) is 3.47. The normalized spacial score (nSPS) is 18.7. The zero-order valence-electron chi connectivity index (χ0n) is 16.1. The van der Waals surface area contributed by atoms with Crippen LogP contribution in [0.3, 0.4) is 0 Å². The van der Waals surface area contributed by atoms with Gasteiger partial charge in [0, 0.05) is 17.1 Å². The smallest absolute Gasteiger partial charge is 0.295 e. The van der Waals surface area contributed by atoms with Gasteiger partial charge in [-0.1, -0.05) is 35.9 Å². The van der Waals surface area contributed by atoms with Crippen LogP contribution >= 0.6 is 11.6 Å². The lowest BCUT2D eigenvalue weighted by atomic mass is 9.95. The third-order valence-corrected chi connectivity index (χ3v) is 4.84. The van der Waals surface area contributed by atoms with Gasteiger partial charge >= 0.3 is 0 Å². The Morgan fingerprint density at radius 2 is 1.90 bits per heavy atom. The molecule has 29 heavy (non-hydrogen) atoms. The summed E-state index contributed by atoms with van der Waals surface area (Å²) in [7, 11) is 0. The Kier molecular flexibility index (Phi) is 6.35. The van der Waals surface area contributed by atoms with E-state index in [2.05, 4.69) is 0 Å². The lowest BCUT2D eigenvalue weighted by molar-refractivity contribution is -0.140. The standard InChI is InChI=1S/C22H21ClFNO4/c1-13(2)29-11-10-25-19(14-6-8-17(24)9-7-14)18(21(27)22(25)28)20(26)15-4-3-5-16(23)12-15/h3-9,12-13,19,26H,10-11H2,1-2H3/b20-18-. The fraction of sp³-hybridized carbons (Fsp3) is 0.273. The highest BCUT2D eigenvalue weighted by atomic mass is 35.5. The minimum atomic E-state index is -0.856. The lowest BCUT2D eigenvalue weighted by Crippen LogP contribution is -2.33. The monoisotopic (exact) mass is 417 g/mol. The Morgan fingerprint density at radius 3 is 2.52 bits per heavy atom. The Hall–Kier alpha value is -2.70. The molecule has 1 heterocycles. The molecule has 1 atom stereocenters. The van der Waals surface area contributed by atoms with Gasteiger partial charge in [-0.25, -0.2) is 4.39 Å². The summed E-state index contributed by atoms with van der Waals surface area (Å²) >= 11 is 6.00. The number of benzene rings is 2. The van der Waals surface area contributed by atoms with Gasteiger partial charge in [-0.05, 0) is 43.7 Å². The lowest BCUT2D eigenvalue weighted by Gasteiger charge is -2.25. The third kappa shape index (κ3) is 4.49. The fourth-order valence-electron chi connectivity index (χ4n) is 3.28. The molecular formula is C22H21ClFNO4. The molecule has 2 aromatic rings. The second kappa shape index (κ2) is 8.76. The van der Waals surface area contributed by atoms with Crippen molar-refractivity contribution in [2.75, 3.05) is 13.2 Å². The number of halogens is 2. The van der Waals surface area contributed by atoms with E-state index in [9.17, 15) is 19.1 Å². The summed E-state index contributed by atoms with van der Waals surface area (Å²) < 4.78 is 19.0. The van der Waals surface area contributed by atoms with Gasteiger partial charge in [-0.2, -0.15) is 0 Å². The third-order valence-electron chi connectivity index (χ3n) is 4.61. The van der Waals surface area contributed by atoms with Crippen molar-refractivity contribution in [2.24, 2.45) is 0 Å². The minimum absolute atomic E-state index is 0.0393. The molecule has 1 unspecified atom stereocenters. The molecule has 5 nitrogen and oxygen atoms in total. The highest BCUT2D eigenvalue weighted by Gasteiger charge is 2.45. The number of ether oxygens (including phenoxy) is 1. The van der Waals surface area contributed by atoms with Gasteiger partial charge in [0.2, 0.25) is 0 Å². The van der Waals surface area contributed by atoms with E-state index in [-0.39, 0.29) is 30.6 Å².